The van der Waals surface area contributed by atoms with Gasteiger partial charge in [-0.25, -0.2) is 0 Å². The highest BCUT2D eigenvalue weighted by Crippen LogP contribution is 2.33. The van der Waals surface area contributed by atoms with Gasteiger partial charge in [0.25, 0.3) is 0 Å². The van der Waals surface area contributed by atoms with Gasteiger partial charge in [0.2, 0.25) is 17.6 Å². The maximum absolute atomic E-state index is 12.9. The van der Waals surface area contributed by atoms with Crippen LogP contribution in [-0.4, -0.2) is 34.6 Å². The van der Waals surface area contributed by atoms with Crippen LogP contribution in [0.5, 0.6) is 5.75 Å². The van der Waals surface area contributed by atoms with Gasteiger partial charge in [-0.05, 0) is 42.7 Å². The minimum atomic E-state index is -0.200. The number of nitrogens with zero attached hydrogens (tertiary/aromatic N) is 3. The first-order chi connectivity index (χ1) is 13.7. The number of hydrogen-bond donors (Lipinski definition) is 0. The maximum atomic E-state index is 12.9. The van der Waals surface area contributed by atoms with Gasteiger partial charge >= 0.3 is 0 Å². The number of methoxy groups -OCH3 is 1. The first kappa shape index (κ1) is 18.5. The van der Waals surface area contributed by atoms with Crippen LogP contribution in [0.25, 0.3) is 11.4 Å². The predicted octanol–water partition coefficient (Wildman–Crippen LogP) is 4.30. The average Bonchev–Trinajstić information content (AvgIpc) is 3.38. The summed E-state index contributed by atoms with van der Waals surface area (Å²) in [4.78, 5) is 19.2. The Labute approximate surface area is 168 Å². The van der Waals surface area contributed by atoms with E-state index in [2.05, 4.69) is 10.1 Å². The summed E-state index contributed by atoms with van der Waals surface area (Å²) in [5.41, 5.74) is 1.66. The molecule has 2 aromatic carbocycles. The number of amides is 1. The van der Waals surface area contributed by atoms with Crippen molar-refractivity contribution in [2.75, 3.05) is 13.7 Å². The first-order valence-electron chi connectivity index (χ1n) is 9.16. The van der Waals surface area contributed by atoms with E-state index in [1.54, 1.807) is 13.2 Å². The van der Waals surface area contributed by atoms with Crippen molar-refractivity contribution < 1.29 is 14.1 Å². The first-order valence-corrected chi connectivity index (χ1v) is 9.54. The summed E-state index contributed by atoms with van der Waals surface area (Å²) in [6, 6.07) is 14.7. The highest BCUT2D eigenvalue weighted by atomic mass is 35.5. The lowest BCUT2D eigenvalue weighted by molar-refractivity contribution is -0.131. The molecule has 3 aromatic rings. The molecule has 1 aliphatic heterocycles. The molecule has 0 radical (unpaired) electrons. The van der Waals surface area contributed by atoms with Crippen molar-refractivity contribution >= 4 is 17.5 Å². The summed E-state index contributed by atoms with van der Waals surface area (Å²) in [6.45, 7) is 0.684. The molecule has 4 rings (SSSR count). The van der Waals surface area contributed by atoms with Gasteiger partial charge in [-0.3, -0.25) is 4.79 Å². The number of ether oxygens (including phenoxy) is 1. The van der Waals surface area contributed by atoms with Crippen LogP contribution in [0.4, 0.5) is 0 Å². The third-order valence-corrected chi connectivity index (χ3v) is 5.26. The second-order valence-corrected chi connectivity index (χ2v) is 7.11. The van der Waals surface area contributed by atoms with Crippen molar-refractivity contribution in [3.63, 3.8) is 0 Å². The number of hydrogen-bond acceptors (Lipinski definition) is 5. The minimum absolute atomic E-state index is 0.0464. The second-order valence-electron chi connectivity index (χ2n) is 6.71. The molecule has 1 aliphatic rings. The van der Waals surface area contributed by atoms with Gasteiger partial charge in [0, 0.05) is 12.1 Å². The minimum Gasteiger partial charge on any atom is -0.497 e. The molecule has 1 aromatic heterocycles. The van der Waals surface area contributed by atoms with Gasteiger partial charge in [-0.15, -0.1) is 0 Å². The Morgan fingerprint density at radius 2 is 2.04 bits per heavy atom. The molecule has 1 saturated heterocycles. The number of halogens is 1. The van der Waals surface area contributed by atoms with Gasteiger partial charge in [0.1, 0.15) is 11.8 Å². The third-order valence-electron chi connectivity index (χ3n) is 4.93. The monoisotopic (exact) mass is 397 g/mol. The molecule has 1 fully saturated rings. The van der Waals surface area contributed by atoms with Crippen molar-refractivity contribution in [3.8, 4) is 17.1 Å². The van der Waals surface area contributed by atoms with Crippen LogP contribution in [0.2, 0.25) is 5.02 Å². The lowest BCUT2D eigenvalue weighted by Crippen LogP contribution is -2.32. The Morgan fingerprint density at radius 1 is 1.25 bits per heavy atom. The van der Waals surface area contributed by atoms with Crippen molar-refractivity contribution in [2.24, 2.45) is 0 Å². The largest absolute Gasteiger partial charge is 0.497 e. The molecule has 144 valence electrons. The Kier molecular flexibility index (Phi) is 5.30. The van der Waals surface area contributed by atoms with Gasteiger partial charge in [-0.1, -0.05) is 41.0 Å². The SMILES string of the molecule is COc1ccc(CC(=O)N2CCC[C@H]2c2nc(-c3ccccc3Cl)no2)cc1. The van der Waals surface area contributed by atoms with E-state index >= 15 is 0 Å². The Balaban J connectivity index is 1.50. The molecule has 0 unspecified atom stereocenters. The predicted molar refractivity (Wildman–Crippen MR) is 105 cm³/mol. The highest BCUT2D eigenvalue weighted by molar-refractivity contribution is 6.33. The van der Waals surface area contributed by atoms with E-state index in [1.807, 2.05) is 47.4 Å². The second kappa shape index (κ2) is 8.02. The topological polar surface area (TPSA) is 68.5 Å². The zero-order valence-corrected chi connectivity index (χ0v) is 16.2. The van der Waals surface area contributed by atoms with Crippen molar-refractivity contribution in [2.45, 2.75) is 25.3 Å². The molecule has 28 heavy (non-hydrogen) atoms. The number of carbonyl (C=O) groups excluding carboxylic acids is 1. The third kappa shape index (κ3) is 3.73. The fraction of sp³-hybridized carbons (Fsp3) is 0.286. The molecule has 2 heterocycles. The van der Waals surface area contributed by atoms with Crippen LogP contribution >= 0.6 is 11.6 Å². The van der Waals surface area contributed by atoms with E-state index in [-0.39, 0.29) is 11.9 Å². The number of likely N-dealkylation sites (tertiary alicyclic amines) is 1. The standard InChI is InChI=1S/C21H20ClN3O3/c1-27-15-10-8-14(9-11-15)13-19(26)25-12-4-7-18(25)21-23-20(24-28-21)16-5-2-3-6-17(16)22/h2-3,5-6,8-11,18H,4,7,12-13H2,1H3/t18-/m0/s1. The van der Waals surface area contributed by atoms with Crippen molar-refractivity contribution in [3.05, 3.63) is 65.0 Å². The van der Waals surface area contributed by atoms with Crippen LogP contribution < -0.4 is 4.74 Å². The maximum Gasteiger partial charge on any atom is 0.249 e. The summed E-state index contributed by atoms with van der Waals surface area (Å²) in [7, 11) is 1.62. The molecule has 0 N–H and O–H groups in total. The van der Waals surface area contributed by atoms with E-state index in [0.717, 1.165) is 24.2 Å². The smallest absolute Gasteiger partial charge is 0.249 e. The van der Waals surface area contributed by atoms with Gasteiger partial charge in [-0.2, -0.15) is 4.98 Å². The normalized spacial score (nSPS) is 16.4. The van der Waals surface area contributed by atoms with Gasteiger partial charge in [0.05, 0.1) is 18.6 Å². The zero-order valence-electron chi connectivity index (χ0n) is 15.5. The van der Waals surface area contributed by atoms with Crippen molar-refractivity contribution in [1.82, 2.24) is 15.0 Å². The lowest BCUT2D eigenvalue weighted by Gasteiger charge is -2.22. The van der Waals surface area contributed by atoms with E-state index in [0.29, 0.717) is 35.3 Å². The molecule has 0 spiro atoms. The number of aromatic nitrogens is 2. The van der Waals surface area contributed by atoms with Crippen LogP contribution in [0.15, 0.2) is 53.1 Å². The molecular weight excluding hydrogens is 378 g/mol. The van der Waals surface area contributed by atoms with E-state index in [4.69, 9.17) is 20.9 Å². The molecule has 0 aliphatic carbocycles. The van der Waals surface area contributed by atoms with Crippen LogP contribution in [0.1, 0.15) is 30.3 Å². The van der Waals surface area contributed by atoms with E-state index < -0.39 is 0 Å². The molecule has 1 amide bonds. The molecule has 6 nitrogen and oxygen atoms in total. The van der Waals surface area contributed by atoms with E-state index in [1.165, 1.54) is 0 Å². The molecule has 0 bridgehead atoms. The highest BCUT2D eigenvalue weighted by Gasteiger charge is 2.34. The summed E-state index contributed by atoms with van der Waals surface area (Å²) in [5, 5.41) is 4.63. The zero-order chi connectivity index (χ0) is 19.5. The van der Waals surface area contributed by atoms with Gasteiger partial charge < -0.3 is 14.2 Å². The molecular formula is C21H20ClN3O3. The summed E-state index contributed by atoms with van der Waals surface area (Å²) < 4.78 is 10.7. The summed E-state index contributed by atoms with van der Waals surface area (Å²) in [6.07, 6.45) is 2.04. The van der Waals surface area contributed by atoms with Crippen molar-refractivity contribution in [1.29, 1.82) is 0 Å². The number of benzene rings is 2. The summed E-state index contributed by atoms with van der Waals surface area (Å²) in [5.74, 6) is 1.71. The van der Waals surface area contributed by atoms with Crippen LogP contribution in [0.3, 0.4) is 0 Å². The average molecular weight is 398 g/mol. The lowest BCUT2D eigenvalue weighted by atomic mass is 10.1. The van der Waals surface area contributed by atoms with Gasteiger partial charge in [0.15, 0.2) is 0 Å². The molecule has 7 heteroatoms. The fourth-order valence-electron chi connectivity index (χ4n) is 3.46. The Bertz CT molecular complexity index is 971. The molecule has 0 saturated carbocycles. The van der Waals surface area contributed by atoms with Crippen LogP contribution in [-0.2, 0) is 11.2 Å². The Morgan fingerprint density at radius 3 is 2.79 bits per heavy atom. The number of rotatable bonds is 5. The fourth-order valence-corrected chi connectivity index (χ4v) is 3.68. The van der Waals surface area contributed by atoms with Crippen LogP contribution in [0, 0.1) is 0 Å². The quantitative estimate of drug-likeness (QED) is 0.641. The Hall–Kier alpha value is -2.86. The number of carbonyl (C=O) groups is 1. The van der Waals surface area contributed by atoms with E-state index in [9.17, 15) is 4.79 Å². The summed E-state index contributed by atoms with van der Waals surface area (Å²) >= 11 is 6.22. The molecule has 1 atom stereocenters.